The van der Waals surface area contributed by atoms with Gasteiger partial charge in [0, 0.05) is 18.2 Å². The average molecular weight is 358 g/mol. The monoisotopic (exact) mass is 358 g/mol. The van der Waals surface area contributed by atoms with E-state index in [1.54, 1.807) is 31.2 Å². The Morgan fingerprint density at radius 2 is 1.77 bits per heavy atom. The van der Waals surface area contributed by atoms with Gasteiger partial charge in [0.25, 0.3) is 0 Å². The highest BCUT2D eigenvalue weighted by Crippen LogP contribution is 2.17. The minimum atomic E-state index is -1.04. The highest BCUT2D eigenvalue weighted by molar-refractivity contribution is 5.92. The number of carbonyl (C=O) groups excluding carboxylic acids is 2. The molecule has 1 amide bonds. The maximum absolute atomic E-state index is 11.6. The second-order valence-corrected chi connectivity index (χ2v) is 5.15. The van der Waals surface area contributed by atoms with Gasteiger partial charge in [-0.2, -0.15) is 0 Å². The van der Waals surface area contributed by atoms with Gasteiger partial charge in [-0.1, -0.05) is 0 Å². The molecule has 26 heavy (non-hydrogen) atoms. The molecule has 0 aliphatic carbocycles. The van der Waals surface area contributed by atoms with Crippen molar-refractivity contribution >= 4 is 35.2 Å². The molecule has 0 aliphatic rings. The summed E-state index contributed by atoms with van der Waals surface area (Å²) in [4.78, 5) is 41.7. The molecule has 136 valence electrons. The molecule has 2 rings (SSSR count). The smallest absolute Gasteiger partial charge is 0.338 e. The van der Waals surface area contributed by atoms with Crippen molar-refractivity contribution in [1.29, 1.82) is 0 Å². The van der Waals surface area contributed by atoms with Crippen LogP contribution >= 0.6 is 0 Å². The fraction of sp³-hybridized carbons (Fsp3) is 0.235. The summed E-state index contributed by atoms with van der Waals surface area (Å²) in [5.41, 5.74) is 1.12. The van der Waals surface area contributed by atoms with Gasteiger partial charge in [0.05, 0.1) is 18.6 Å². The Bertz CT molecular complexity index is 792. The van der Waals surface area contributed by atoms with Gasteiger partial charge in [-0.05, 0) is 31.2 Å². The zero-order chi connectivity index (χ0) is 18.9. The quantitative estimate of drug-likeness (QED) is 0.612. The van der Waals surface area contributed by atoms with E-state index < -0.39 is 17.8 Å². The predicted molar refractivity (Wildman–Crippen MR) is 93.2 cm³/mol. The van der Waals surface area contributed by atoms with Gasteiger partial charge in [0.1, 0.15) is 18.0 Å². The SMILES string of the molecule is CCOC(=O)c1ccc(Nc2cc(NC(=O)CCC(=O)O)ncn2)cc1. The summed E-state index contributed by atoms with van der Waals surface area (Å²) in [6.45, 7) is 2.04. The Kier molecular flexibility index (Phi) is 6.60. The van der Waals surface area contributed by atoms with Crippen molar-refractivity contribution < 1.29 is 24.2 Å². The number of aliphatic carboxylic acids is 1. The Morgan fingerprint density at radius 1 is 1.08 bits per heavy atom. The molecule has 0 saturated heterocycles. The van der Waals surface area contributed by atoms with E-state index in [1.165, 1.54) is 12.4 Å². The summed E-state index contributed by atoms with van der Waals surface area (Å²) in [5.74, 6) is -1.21. The van der Waals surface area contributed by atoms with Gasteiger partial charge in [0.15, 0.2) is 0 Å². The number of esters is 1. The van der Waals surface area contributed by atoms with Crippen LogP contribution in [0.1, 0.15) is 30.1 Å². The summed E-state index contributed by atoms with van der Waals surface area (Å²) < 4.78 is 4.92. The normalized spacial score (nSPS) is 10.0. The molecule has 1 heterocycles. The van der Waals surface area contributed by atoms with E-state index in [9.17, 15) is 14.4 Å². The van der Waals surface area contributed by atoms with Crippen LogP contribution in [0, 0.1) is 0 Å². The number of nitrogens with zero attached hydrogens (tertiary/aromatic N) is 2. The second-order valence-electron chi connectivity index (χ2n) is 5.15. The Hall–Kier alpha value is -3.49. The Labute approximate surface area is 149 Å². The fourth-order valence-electron chi connectivity index (χ4n) is 1.97. The standard InChI is InChI=1S/C17H18N4O5/c1-2-26-17(25)11-3-5-12(6-4-11)20-13-9-14(19-10-18-13)21-15(22)7-8-16(23)24/h3-6,9-10H,2,7-8H2,1H3,(H,23,24)(H2,18,19,20,21,22). The Balaban J connectivity index is 1.98. The molecule has 3 N–H and O–H groups in total. The van der Waals surface area contributed by atoms with Crippen LogP contribution in [0.5, 0.6) is 0 Å². The van der Waals surface area contributed by atoms with Gasteiger partial charge in [-0.15, -0.1) is 0 Å². The van der Waals surface area contributed by atoms with Crippen LogP contribution in [0.3, 0.4) is 0 Å². The lowest BCUT2D eigenvalue weighted by molar-refractivity contribution is -0.138. The van der Waals surface area contributed by atoms with E-state index in [2.05, 4.69) is 20.6 Å². The number of carboxylic acids is 1. The molecule has 1 aromatic carbocycles. The zero-order valence-electron chi connectivity index (χ0n) is 14.1. The number of aromatic nitrogens is 2. The highest BCUT2D eigenvalue weighted by Gasteiger charge is 2.08. The van der Waals surface area contributed by atoms with Crippen molar-refractivity contribution in [2.24, 2.45) is 0 Å². The largest absolute Gasteiger partial charge is 0.481 e. The number of anilines is 3. The van der Waals surface area contributed by atoms with Crippen LogP contribution in [-0.2, 0) is 14.3 Å². The number of rotatable bonds is 8. The van der Waals surface area contributed by atoms with Crippen LogP contribution < -0.4 is 10.6 Å². The summed E-state index contributed by atoms with van der Waals surface area (Å²) >= 11 is 0. The number of hydrogen-bond acceptors (Lipinski definition) is 7. The zero-order valence-corrected chi connectivity index (χ0v) is 14.1. The molecule has 0 aliphatic heterocycles. The summed E-state index contributed by atoms with van der Waals surface area (Å²) in [6, 6.07) is 8.14. The number of carboxylic acid groups (broad SMARTS) is 1. The van der Waals surface area contributed by atoms with Crippen LogP contribution in [0.4, 0.5) is 17.3 Å². The van der Waals surface area contributed by atoms with E-state index in [-0.39, 0.29) is 18.7 Å². The minimum Gasteiger partial charge on any atom is -0.481 e. The van der Waals surface area contributed by atoms with Crippen LogP contribution in [0.15, 0.2) is 36.7 Å². The molecule has 0 fully saturated rings. The summed E-state index contributed by atoms with van der Waals surface area (Å²) in [5, 5.41) is 14.1. The van der Waals surface area contributed by atoms with Crippen molar-refractivity contribution in [2.45, 2.75) is 19.8 Å². The fourth-order valence-corrected chi connectivity index (χ4v) is 1.97. The average Bonchev–Trinajstić information content (AvgIpc) is 2.61. The van der Waals surface area contributed by atoms with E-state index in [1.807, 2.05) is 0 Å². The third-order valence-corrected chi connectivity index (χ3v) is 3.17. The molecule has 0 spiro atoms. The third kappa shape index (κ3) is 5.86. The van der Waals surface area contributed by atoms with Gasteiger partial charge in [-0.25, -0.2) is 14.8 Å². The predicted octanol–water partition coefficient (Wildman–Crippen LogP) is 2.20. The Morgan fingerprint density at radius 3 is 2.42 bits per heavy atom. The number of carbonyl (C=O) groups is 3. The number of amides is 1. The van der Waals surface area contributed by atoms with Crippen molar-refractivity contribution in [1.82, 2.24) is 9.97 Å². The first-order chi connectivity index (χ1) is 12.5. The summed E-state index contributed by atoms with van der Waals surface area (Å²) in [7, 11) is 0. The molecule has 9 nitrogen and oxygen atoms in total. The number of hydrogen-bond donors (Lipinski definition) is 3. The molecule has 2 aromatic rings. The van der Waals surface area contributed by atoms with Gasteiger partial charge < -0.3 is 20.5 Å². The maximum Gasteiger partial charge on any atom is 0.338 e. The molecule has 0 saturated carbocycles. The molecular weight excluding hydrogens is 340 g/mol. The van der Waals surface area contributed by atoms with Crippen molar-refractivity contribution in [3.8, 4) is 0 Å². The van der Waals surface area contributed by atoms with Gasteiger partial charge in [-0.3, -0.25) is 9.59 Å². The number of benzene rings is 1. The first kappa shape index (κ1) is 18.8. The summed E-state index contributed by atoms with van der Waals surface area (Å²) in [6.07, 6.45) is 0.869. The third-order valence-electron chi connectivity index (χ3n) is 3.17. The molecule has 9 heteroatoms. The van der Waals surface area contributed by atoms with Crippen LogP contribution in [-0.4, -0.2) is 39.5 Å². The van der Waals surface area contributed by atoms with Crippen molar-refractivity contribution in [3.05, 3.63) is 42.2 Å². The van der Waals surface area contributed by atoms with Gasteiger partial charge in [0.2, 0.25) is 5.91 Å². The lowest BCUT2D eigenvalue weighted by atomic mass is 10.2. The van der Waals surface area contributed by atoms with E-state index in [0.29, 0.717) is 23.7 Å². The minimum absolute atomic E-state index is 0.141. The molecule has 0 atom stereocenters. The van der Waals surface area contributed by atoms with Crippen molar-refractivity contribution in [3.63, 3.8) is 0 Å². The molecule has 0 radical (unpaired) electrons. The molecule has 0 unspecified atom stereocenters. The van der Waals surface area contributed by atoms with E-state index >= 15 is 0 Å². The number of nitrogens with one attached hydrogen (secondary N) is 2. The van der Waals surface area contributed by atoms with Gasteiger partial charge >= 0.3 is 11.9 Å². The van der Waals surface area contributed by atoms with E-state index in [4.69, 9.17) is 9.84 Å². The maximum atomic E-state index is 11.6. The van der Waals surface area contributed by atoms with Crippen LogP contribution in [0.2, 0.25) is 0 Å². The molecule has 1 aromatic heterocycles. The second kappa shape index (κ2) is 9.11. The first-order valence-electron chi connectivity index (χ1n) is 7.86. The van der Waals surface area contributed by atoms with Crippen molar-refractivity contribution in [2.75, 3.05) is 17.2 Å². The number of ether oxygens (including phenoxy) is 1. The van der Waals surface area contributed by atoms with E-state index in [0.717, 1.165) is 0 Å². The lowest BCUT2D eigenvalue weighted by Crippen LogP contribution is -2.14. The molecular formula is C17H18N4O5. The lowest BCUT2D eigenvalue weighted by Gasteiger charge is -2.08. The highest BCUT2D eigenvalue weighted by atomic mass is 16.5. The topological polar surface area (TPSA) is 131 Å². The molecule has 0 bridgehead atoms. The van der Waals surface area contributed by atoms with Crippen LogP contribution in [0.25, 0.3) is 0 Å². The first-order valence-corrected chi connectivity index (χ1v) is 7.86.